The predicted molar refractivity (Wildman–Crippen MR) is 74.4 cm³/mol. The van der Waals surface area contributed by atoms with Crippen molar-refractivity contribution in [2.75, 3.05) is 31.2 Å². The lowest BCUT2D eigenvalue weighted by Gasteiger charge is -2.34. The Morgan fingerprint density at radius 1 is 1.53 bits per heavy atom. The van der Waals surface area contributed by atoms with Crippen molar-refractivity contribution in [3.05, 3.63) is 28.8 Å². The Hall–Kier alpha value is -1.28. The van der Waals surface area contributed by atoms with E-state index in [2.05, 4.69) is 11.0 Å². The summed E-state index contributed by atoms with van der Waals surface area (Å²) in [6.07, 6.45) is 2.10. The average molecular weight is 281 g/mol. The Kier molecular flexibility index (Phi) is 5.03. The van der Waals surface area contributed by atoms with Gasteiger partial charge < -0.3 is 14.7 Å². The van der Waals surface area contributed by atoms with Crippen LogP contribution in [0.4, 0.5) is 5.69 Å². The molecule has 0 bridgehead atoms. The van der Waals surface area contributed by atoms with Crippen LogP contribution in [0.25, 0.3) is 0 Å². The smallest absolute Gasteiger partial charge is 0.101 e. The molecule has 0 aliphatic carbocycles. The molecular formula is C14H17ClN2O2. The number of nitriles is 1. The van der Waals surface area contributed by atoms with Crippen molar-refractivity contribution in [3.63, 3.8) is 0 Å². The zero-order valence-corrected chi connectivity index (χ0v) is 11.4. The van der Waals surface area contributed by atoms with E-state index in [1.807, 2.05) is 6.07 Å². The normalized spacial score (nSPS) is 19.2. The first kappa shape index (κ1) is 14.1. The van der Waals surface area contributed by atoms with Crippen LogP contribution >= 0.6 is 11.6 Å². The second-order valence-electron chi connectivity index (χ2n) is 4.58. The number of aliphatic hydroxyl groups excluding tert-OH is 1. The molecule has 0 spiro atoms. The van der Waals surface area contributed by atoms with Gasteiger partial charge in [0.1, 0.15) is 6.07 Å². The molecule has 1 aliphatic heterocycles. The number of piperidine rings is 1. The monoisotopic (exact) mass is 280 g/mol. The van der Waals surface area contributed by atoms with E-state index in [1.54, 1.807) is 12.1 Å². The lowest BCUT2D eigenvalue weighted by atomic mass is 10.1. The number of anilines is 1. The highest BCUT2D eigenvalue weighted by atomic mass is 35.5. The van der Waals surface area contributed by atoms with Crippen molar-refractivity contribution in [3.8, 4) is 6.07 Å². The molecule has 1 aromatic rings. The van der Waals surface area contributed by atoms with Gasteiger partial charge in [0.05, 0.1) is 30.6 Å². The minimum atomic E-state index is 0.0388. The van der Waals surface area contributed by atoms with Crippen LogP contribution in [0.15, 0.2) is 18.2 Å². The third kappa shape index (κ3) is 3.60. The van der Waals surface area contributed by atoms with E-state index in [4.69, 9.17) is 26.7 Å². The summed E-state index contributed by atoms with van der Waals surface area (Å²) < 4.78 is 5.58. The highest BCUT2D eigenvalue weighted by molar-refractivity contribution is 6.30. The van der Waals surface area contributed by atoms with Crippen LogP contribution < -0.4 is 4.90 Å². The van der Waals surface area contributed by atoms with Crippen LogP contribution in [0.3, 0.4) is 0 Å². The van der Waals surface area contributed by atoms with Crippen LogP contribution in [0.2, 0.25) is 5.02 Å². The third-order valence-corrected chi connectivity index (χ3v) is 3.48. The van der Waals surface area contributed by atoms with Crippen molar-refractivity contribution in [1.82, 2.24) is 0 Å². The van der Waals surface area contributed by atoms with Gasteiger partial charge in [0.25, 0.3) is 0 Å². The van der Waals surface area contributed by atoms with Gasteiger partial charge >= 0.3 is 0 Å². The molecule has 2 rings (SSSR count). The van der Waals surface area contributed by atoms with Crippen molar-refractivity contribution < 1.29 is 9.84 Å². The Morgan fingerprint density at radius 3 is 3.11 bits per heavy atom. The zero-order valence-electron chi connectivity index (χ0n) is 10.7. The fourth-order valence-corrected chi connectivity index (χ4v) is 2.54. The number of nitrogens with zero attached hydrogens (tertiary/aromatic N) is 2. The molecule has 1 saturated heterocycles. The van der Waals surface area contributed by atoms with Gasteiger partial charge in [-0.25, -0.2) is 0 Å². The quantitative estimate of drug-likeness (QED) is 0.918. The van der Waals surface area contributed by atoms with E-state index in [9.17, 15) is 0 Å². The standard InChI is InChI=1S/C14H17ClN2O2/c15-12-4-3-11(9-16)14(8-12)17-5-1-2-13(10-17)19-7-6-18/h3-4,8,13,18H,1-2,5-7,10H2/t13-/m0/s1. The molecule has 1 heterocycles. The summed E-state index contributed by atoms with van der Waals surface area (Å²) >= 11 is 6.01. The Labute approximate surface area is 118 Å². The second kappa shape index (κ2) is 6.76. The van der Waals surface area contributed by atoms with Gasteiger partial charge in [-0.15, -0.1) is 0 Å². The summed E-state index contributed by atoms with van der Waals surface area (Å²) in [5.41, 5.74) is 1.50. The Morgan fingerprint density at radius 2 is 2.37 bits per heavy atom. The van der Waals surface area contributed by atoms with Gasteiger partial charge in [0.2, 0.25) is 0 Å². The van der Waals surface area contributed by atoms with Crippen molar-refractivity contribution in [2.24, 2.45) is 0 Å². The summed E-state index contributed by atoms with van der Waals surface area (Å²) in [7, 11) is 0. The lowest BCUT2D eigenvalue weighted by Crippen LogP contribution is -2.40. The highest BCUT2D eigenvalue weighted by Crippen LogP contribution is 2.27. The lowest BCUT2D eigenvalue weighted by molar-refractivity contribution is 0.0214. The SMILES string of the molecule is N#Cc1ccc(Cl)cc1N1CCC[C@H](OCCO)C1. The molecule has 102 valence electrons. The van der Waals surface area contributed by atoms with E-state index in [0.29, 0.717) is 17.2 Å². The van der Waals surface area contributed by atoms with Crippen molar-refractivity contribution >= 4 is 17.3 Å². The first-order valence-electron chi connectivity index (χ1n) is 6.41. The molecule has 1 N–H and O–H groups in total. The largest absolute Gasteiger partial charge is 0.394 e. The number of aliphatic hydroxyl groups is 1. The molecule has 5 heteroatoms. The number of hydrogen-bond donors (Lipinski definition) is 1. The van der Waals surface area contributed by atoms with Gasteiger partial charge in [0, 0.05) is 18.1 Å². The first-order chi connectivity index (χ1) is 9.24. The molecular weight excluding hydrogens is 264 g/mol. The van der Waals surface area contributed by atoms with Gasteiger partial charge in [-0.3, -0.25) is 0 Å². The topological polar surface area (TPSA) is 56.5 Å². The van der Waals surface area contributed by atoms with Crippen LogP contribution in [0.1, 0.15) is 18.4 Å². The average Bonchev–Trinajstić information content (AvgIpc) is 2.45. The van der Waals surface area contributed by atoms with Gasteiger partial charge in [0.15, 0.2) is 0 Å². The molecule has 0 radical (unpaired) electrons. The number of benzene rings is 1. The van der Waals surface area contributed by atoms with Gasteiger partial charge in [-0.05, 0) is 31.0 Å². The van der Waals surface area contributed by atoms with E-state index >= 15 is 0 Å². The molecule has 0 saturated carbocycles. The highest BCUT2D eigenvalue weighted by Gasteiger charge is 2.22. The number of ether oxygens (including phenoxy) is 1. The minimum Gasteiger partial charge on any atom is -0.394 e. The number of rotatable bonds is 4. The van der Waals surface area contributed by atoms with Crippen LogP contribution in [0, 0.1) is 11.3 Å². The van der Waals surface area contributed by atoms with Crippen LogP contribution in [-0.4, -0.2) is 37.5 Å². The Bertz CT molecular complexity index is 473. The summed E-state index contributed by atoms with van der Waals surface area (Å²) in [5, 5.41) is 18.6. The van der Waals surface area contributed by atoms with E-state index in [-0.39, 0.29) is 12.7 Å². The molecule has 1 aliphatic rings. The van der Waals surface area contributed by atoms with Crippen LogP contribution in [0.5, 0.6) is 0 Å². The molecule has 19 heavy (non-hydrogen) atoms. The van der Waals surface area contributed by atoms with Crippen molar-refractivity contribution in [2.45, 2.75) is 18.9 Å². The molecule has 4 nitrogen and oxygen atoms in total. The summed E-state index contributed by atoms with van der Waals surface area (Å²) in [6.45, 7) is 2.03. The number of hydrogen-bond acceptors (Lipinski definition) is 4. The predicted octanol–water partition coefficient (Wildman–Crippen LogP) is 2.19. The maximum absolute atomic E-state index is 9.16. The zero-order chi connectivity index (χ0) is 13.7. The second-order valence-corrected chi connectivity index (χ2v) is 5.01. The minimum absolute atomic E-state index is 0.0388. The van der Waals surface area contributed by atoms with Crippen LogP contribution in [-0.2, 0) is 4.74 Å². The summed E-state index contributed by atoms with van der Waals surface area (Å²) in [6, 6.07) is 7.50. The van der Waals surface area contributed by atoms with Crippen molar-refractivity contribution in [1.29, 1.82) is 5.26 Å². The van der Waals surface area contributed by atoms with Gasteiger partial charge in [-0.1, -0.05) is 11.6 Å². The molecule has 0 amide bonds. The maximum Gasteiger partial charge on any atom is 0.101 e. The summed E-state index contributed by atoms with van der Waals surface area (Å²) in [5.74, 6) is 0. The first-order valence-corrected chi connectivity index (χ1v) is 6.79. The third-order valence-electron chi connectivity index (χ3n) is 3.24. The molecule has 0 aromatic heterocycles. The Balaban J connectivity index is 2.13. The summed E-state index contributed by atoms with van der Waals surface area (Å²) in [4.78, 5) is 2.13. The molecule has 1 fully saturated rings. The maximum atomic E-state index is 9.16. The van der Waals surface area contributed by atoms with E-state index < -0.39 is 0 Å². The van der Waals surface area contributed by atoms with E-state index in [0.717, 1.165) is 31.6 Å². The number of halogens is 1. The molecule has 1 atom stereocenters. The van der Waals surface area contributed by atoms with Gasteiger partial charge in [-0.2, -0.15) is 5.26 Å². The fourth-order valence-electron chi connectivity index (χ4n) is 2.37. The fraction of sp³-hybridized carbons (Fsp3) is 0.500. The molecule has 0 unspecified atom stereocenters. The van der Waals surface area contributed by atoms with E-state index in [1.165, 1.54) is 0 Å². The molecule has 1 aromatic carbocycles.